The molecule has 0 unspecified atom stereocenters. The topological polar surface area (TPSA) is 128 Å². The molecule has 1 heterocycles. The number of rotatable bonds is 6. The van der Waals surface area contributed by atoms with Gasteiger partial charge in [-0.15, -0.1) is 5.10 Å². The molecule has 0 aliphatic rings. The van der Waals surface area contributed by atoms with Gasteiger partial charge in [-0.2, -0.15) is 0 Å². The van der Waals surface area contributed by atoms with E-state index >= 15 is 0 Å². The van der Waals surface area contributed by atoms with Gasteiger partial charge >= 0.3 is 0 Å². The second-order valence-corrected chi connectivity index (χ2v) is 6.54. The third-order valence-corrected chi connectivity index (χ3v) is 4.36. The number of aromatic nitrogens is 2. The molecule has 0 saturated carbocycles. The van der Waals surface area contributed by atoms with E-state index in [0.717, 1.165) is 0 Å². The molecule has 3 rings (SSSR count). The van der Waals surface area contributed by atoms with Crippen LogP contribution >= 0.6 is 11.6 Å². The number of nitrogens with one attached hydrogen (secondary N) is 2. The fourth-order valence-electron chi connectivity index (χ4n) is 2.61. The van der Waals surface area contributed by atoms with Crippen LogP contribution in [0.25, 0.3) is 0 Å². The molecule has 0 atom stereocenters. The Balaban J connectivity index is 1.69. The Labute approximate surface area is 175 Å². The van der Waals surface area contributed by atoms with E-state index < -0.39 is 16.7 Å². The Bertz CT molecular complexity index is 1130. The fourth-order valence-corrected chi connectivity index (χ4v) is 2.80. The Morgan fingerprint density at radius 2 is 1.73 bits per heavy atom. The first kappa shape index (κ1) is 20.8. The summed E-state index contributed by atoms with van der Waals surface area (Å²) in [5, 5.41) is 20.2. The van der Waals surface area contributed by atoms with Gasteiger partial charge in [0.25, 0.3) is 17.5 Å². The Morgan fingerprint density at radius 1 is 1.10 bits per heavy atom. The molecule has 0 fully saturated rings. The van der Waals surface area contributed by atoms with E-state index in [9.17, 15) is 19.7 Å². The number of hydrogen-bond acceptors (Lipinski definition) is 6. The van der Waals surface area contributed by atoms with Crippen molar-refractivity contribution in [1.82, 2.24) is 9.78 Å². The van der Waals surface area contributed by atoms with E-state index in [1.165, 1.54) is 48.3 Å². The van der Waals surface area contributed by atoms with Crippen LogP contribution in [0.5, 0.6) is 5.88 Å². The van der Waals surface area contributed by atoms with E-state index in [1.807, 2.05) is 0 Å². The first-order valence-corrected chi connectivity index (χ1v) is 8.90. The SMILES string of the molecule is COc1nn(C)cc1C(=O)Nc1ccc(C(=O)Nc2ccc(Cl)c([N+](=O)[O-])c2)cc1. The number of nitro benzene ring substituents is 1. The van der Waals surface area contributed by atoms with Crippen molar-refractivity contribution in [2.24, 2.45) is 7.05 Å². The van der Waals surface area contributed by atoms with Crippen molar-refractivity contribution >= 4 is 40.5 Å². The maximum absolute atomic E-state index is 12.4. The number of carbonyl (C=O) groups excluding carboxylic acids is 2. The van der Waals surface area contributed by atoms with E-state index in [0.29, 0.717) is 11.3 Å². The maximum Gasteiger partial charge on any atom is 0.289 e. The molecule has 0 aliphatic carbocycles. The van der Waals surface area contributed by atoms with Gasteiger partial charge in [-0.3, -0.25) is 24.4 Å². The minimum Gasteiger partial charge on any atom is -0.479 e. The summed E-state index contributed by atoms with van der Waals surface area (Å²) < 4.78 is 6.53. The molecule has 11 heteroatoms. The number of halogens is 1. The number of anilines is 2. The van der Waals surface area contributed by atoms with Gasteiger partial charge in [0, 0.05) is 36.2 Å². The van der Waals surface area contributed by atoms with Gasteiger partial charge in [-0.25, -0.2) is 0 Å². The molecule has 2 aromatic carbocycles. The van der Waals surface area contributed by atoms with Crippen LogP contribution in [0, 0.1) is 10.1 Å². The largest absolute Gasteiger partial charge is 0.479 e. The summed E-state index contributed by atoms with van der Waals surface area (Å²) in [6.07, 6.45) is 1.53. The molecule has 154 valence electrons. The molecule has 30 heavy (non-hydrogen) atoms. The van der Waals surface area contributed by atoms with Crippen LogP contribution in [0.15, 0.2) is 48.7 Å². The molecular weight excluding hydrogens is 414 g/mol. The van der Waals surface area contributed by atoms with Crippen molar-refractivity contribution in [1.29, 1.82) is 0 Å². The average molecular weight is 430 g/mol. The number of benzene rings is 2. The lowest BCUT2D eigenvalue weighted by Gasteiger charge is -2.08. The number of nitro groups is 1. The Hall–Kier alpha value is -3.92. The lowest BCUT2D eigenvalue weighted by molar-refractivity contribution is -0.384. The predicted molar refractivity (Wildman–Crippen MR) is 110 cm³/mol. The van der Waals surface area contributed by atoms with Crippen LogP contribution in [-0.4, -0.2) is 33.6 Å². The minimum atomic E-state index is -0.632. The molecule has 1 aromatic heterocycles. The van der Waals surface area contributed by atoms with Crippen LogP contribution in [0.4, 0.5) is 17.1 Å². The van der Waals surface area contributed by atoms with Gasteiger partial charge in [-0.05, 0) is 36.4 Å². The van der Waals surface area contributed by atoms with Gasteiger partial charge in [0.1, 0.15) is 10.6 Å². The lowest BCUT2D eigenvalue weighted by Crippen LogP contribution is -2.14. The van der Waals surface area contributed by atoms with Crippen LogP contribution in [-0.2, 0) is 7.05 Å². The first-order valence-electron chi connectivity index (χ1n) is 8.53. The average Bonchev–Trinajstić information content (AvgIpc) is 3.10. The molecule has 2 amide bonds. The van der Waals surface area contributed by atoms with Crippen molar-refractivity contribution in [2.45, 2.75) is 0 Å². The number of aryl methyl sites for hydroxylation is 1. The first-order chi connectivity index (χ1) is 14.3. The summed E-state index contributed by atoms with van der Waals surface area (Å²) in [5.41, 5.74) is 0.954. The highest BCUT2D eigenvalue weighted by Gasteiger charge is 2.17. The zero-order valence-electron chi connectivity index (χ0n) is 15.9. The van der Waals surface area contributed by atoms with E-state index in [1.54, 1.807) is 19.2 Å². The van der Waals surface area contributed by atoms with E-state index in [4.69, 9.17) is 16.3 Å². The van der Waals surface area contributed by atoms with Crippen molar-refractivity contribution < 1.29 is 19.2 Å². The van der Waals surface area contributed by atoms with Gasteiger partial charge in [-0.1, -0.05) is 11.6 Å². The summed E-state index contributed by atoms with van der Waals surface area (Å²) in [7, 11) is 3.09. The van der Waals surface area contributed by atoms with Crippen molar-refractivity contribution in [3.63, 3.8) is 0 Å². The van der Waals surface area contributed by atoms with Gasteiger partial charge in [0.05, 0.1) is 12.0 Å². The molecular formula is C19H16ClN5O5. The molecule has 0 saturated heterocycles. The second kappa shape index (κ2) is 8.62. The zero-order valence-corrected chi connectivity index (χ0v) is 16.6. The normalized spacial score (nSPS) is 10.4. The van der Waals surface area contributed by atoms with Crippen molar-refractivity contribution in [2.75, 3.05) is 17.7 Å². The van der Waals surface area contributed by atoms with Crippen LogP contribution < -0.4 is 15.4 Å². The van der Waals surface area contributed by atoms with Crippen molar-refractivity contribution in [3.8, 4) is 5.88 Å². The molecule has 10 nitrogen and oxygen atoms in total. The van der Waals surface area contributed by atoms with Crippen LogP contribution in [0.3, 0.4) is 0 Å². The number of hydrogen-bond donors (Lipinski definition) is 2. The molecule has 2 N–H and O–H groups in total. The molecule has 3 aromatic rings. The third kappa shape index (κ3) is 4.55. The molecule has 0 radical (unpaired) electrons. The fraction of sp³-hybridized carbons (Fsp3) is 0.105. The highest BCUT2D eigenvalue weighted by Crippen LogP contribution is 2.27. The summed E-state index contributed by atoms with van der Waals surface area (Å²) in [5.74, 6) is -0.688. The van der Waals surface area contributed by atoms with Crippen molar-refractivity contribution in [3.05, 3.63) is 74.9 Å². The smallest absolute Gasteiger partial charge is 0.289 e. The zero-order chi connectivity index (χ0) is 21.8. The van der Waals surface area contributed by atoms with E-state index in [-0.39, 0.29) is 27.8 Å². The Morgan fingerprint density at radius 3 is 2.37 bits per heavy atom. The maximum atomic E-state index is 12.4. The molecule has 0 bridgehead atoms. The van der Waals surface area contributed by atoms with Crippen LogP contribution in [0.1, 0.15) is 20.7 Å². The number of methoxy groups -OCH3 is 1. The minimum absolute atomic E-state index is 0.0247. The van der Waals surface area contributed by atoms with Crippen LogP contribution in [0.2, 0.25) is 5.02 Å². The highest BCUT2D eigenvalue weighted by atomic mass is 35.5. The summed E-state index contributed by atoms with van der Waals surface area (Å²) in [4.78, 5) is 35.1. The lowest BCUT2D eigenvalue weighted by atomic mass is 10.1. The van der Waals surface area contributed by atoms with E-state index in [2.05, 4.69) is 15.7 Å². The predicted octanol–water partition coefficient (Wildman–Crippen LogP) is 3.49. The molecule has 0 aliphatic heterocycles. The van der Waals surface area contributed by atoms with Gasteiger partial charge in [0.15, 0.2) is 0 Å². The number of nitrogens with zero attached hydrogens (tertiary/aromatic N) is 3. The highest BCUT2D eigenvalue weighted by molar-refractivity contribution is 6.32. The quantitative estimate of drug-likeness (QED) is 0.456. The monoisotopic (exact) mass is 429 g/mol. The Kier molecular flexibility index (Phi) is 5.98. The number of amides is 2. The standard InChI is InChI=1S/C19H16ClN5O5/c1-24-10-14(19(23-24)30-2)18(27)21-12-5-3-11(4-6-12)17(26)22-13-7-8-15(20)16(9-13)25(28)29/h3-10H,1-2H3,(H,21,27)(H,22,26). The second-order valence-electron chi connectivity index (χ2n) is 6.13. The number of carbonyl (C=O) groups is 2. The summed E-state index contributed by atoms with van der Waals surface area (Å²) >= 11 is 5.77. The number of ether oxygens (including phenoxy) is 1. The molecule has 0 spiro atoms. The summed E-state index contributed by atoms with van der Waals surface area (Å²) in [6, 6.07) is 10.1. The van der Waals surface area contributed by atoms with Gasteiger partial charge < -0.3 is 15.4 Å². The van der Waals surface area contributed by atoms with Gasteiger partial charge in [0.2, 0.25) is 5.88 Å². The third-order valence-electron chi connectivity index (χ3n) is 4.04. The summed E-state index contributed by atoms with van der Waals surface area (Å²) in [6.45, 7) is 0.